The standard InChI is InChI=1S/C11H17N3/c1-8-5-9(2)11(13-6-8)14-10-3-4-12-7-10/h5-6,10,12H,3-4,7H2,1-2H3,(H,13,14)/t10-/m1/s1. The molecule has 0 saturated carbocycles. The van der Waals surface area contributed by atoms with Gasteiger partial charge in [-0.2, -0.15) is 0 Å². The Morgan fingerprint density at radius 3 is 3.00 bits per heavy atom. The van der Waals surface area contributed by atoms with Crippen LogP contribution in [0.5, 0.6) is 0 Å². The molecule has 0 amide bonds. The number of nitrogens with one attached hydrogen (secondary N) is 2. The van der Waals surface area contributed by atoms with Crippen LogP contribution in [0.3, 0.4) is 0 Å². The molecule has 76 valence electrons. The van der Waals surface area contributed by atoms with Crippen LogP contribution in [0.4, 0.5) is 5.82 Å². The Morgan fingerprint density at radius 2 is 2.36 bits per heavy atom. The summed E-state index contributed by atoms with van der Waals surface area (Å²) >= 11 is 0. The fourth-order valence-corrected chi connectivity index (χ4v) is 1.84. The second-order valence-corrected chi connectivity index (χ2v) is 4.01. The maximum Gasteiger partial charge on any atom is 0.129 e. The van der Waals surface area contributed by atoms with E-state index in [4.69, 9.17) is 0 Å². The zero-order valence-corrected chi connectivity index (χ0v) is 8.80. The van der Waals surface area contributed by atoms with Crippen LogP contribution in [0.1, 0.15) is 17.5 Å². The number of nitrogens with zero attached hydrogens (tertiary/aromatic N) is 1. The van der Waals surface area contributed by atoms with Gasteiger partial charge in [0.1, 0.15) is 5.82 Å². The first-order chi connectivity index (χ1) is 6.75. The summed E-state index contributed by atoms with van der Waals surface area (Å²) in [6.07, 6.45) is 3.10. The lowest BCUT2D eigenvalue weighted by atomic mass is 10.2. The number of rotatable bonds is 2. The van der Waals surface area contributed by atoms with Crippen LogP contribution >= 0.6 is 0 Å². The Labute approximate surface area is 84.9 Å². The summed E-state index contributed by atoms with van der Waals surface area (Å²) in [5, 5.41) is 6.80. The quantitative estimate of drug-likeness (QED) is 0.743. The highest BCUT2D eigenvalue weighted by Gasteiger charge is 2.14. The van der Waals surface area contributed by atoms with E-state index in [0.29, 0.717) is 6.04 Å². The number of aromatic nitrogens is 1. The van der Waals surface area contributed by atoms with Gasteiger partial charge in [0.2, 0.25) is 0 Å². The van der Waals surface area contributed by atoms with E-state index < -0.39 is 0 Å². The molecule has 14 heavy (non-hydrogen) atoms. The maximum absolute atomic E-state index is 4.40. The predicted molar refractivity (Wildman–Crippen MR) is 58.6 cm³/mol. The fraction of sp³-hybridized carbons (Fsp3) is 0.545. The number of anilines is 1. The largest absolute Gasteiger partial charge is 0.366 e. The number of aryl methyl sites for hydroxylation is 2. The molecule has 0 aromatic carbocycles. The average Bonchev–Trinajstić information content (AvgIpc) is 2.62. The van der Waals surface area contributed by atoms with Crippen LogP contribution in [-0.4, -0.2) is 24.1 Å². The van der Waals surface area contributed by atoms with Crippen molar-refractivity contribution in [1.82, 2.24) is 10.3 Å². The van der Waals surface area contributed by atoms with Crippen LogP contribution in [0.2, 0.25) is 0 Å². The first-order valence-electron chi connectivity index (χ1n) is 5.16. The average molecular weight is 191 g/mol. The lowest BCUT2D eigenvalue weighted by Gasteiger charge is -2.14. The van der Waals surface area contributed by atoms with Crippen molar-refractivity contribution in [3.05, 3.63) is 23.4 Å². The Morgan fingerprint density at radius 1 is 1.50 bits per heavy atom. The van der Waals surface area contributed by atoms with Gasteiger partial charge in [-0.25, -0.2) is 4.98 Å². The van der Waals surface area contributed by atoms with Gasteiger partial charge in [-0.15, -0.1) is 0 Å². The first kappa shape index (κ1) is 9.46. The topological polar surface area (TPSA) is 37.0 Å². The van der Waals surface area contributed by atoms with E-state index in [9.17, 15) is 0 Å². The summed E-state index contributed by atoms with van der Waals surface area (Å²) < 4.78 is 0. The number of hydrogen-bond acceptors (Lipinski definition) is 3. The second kappa shape index (κ2) is 3.96. The smallest absolute Gasteiger partial charge is 0.129 e. The summed E-state index contributed by atoms with van der Waals surface area (Å²) in [6, 6.07) is 2.71. The Kier molecular flexibility index (Phi) is 2.68. The van der Waals surface area contributed by atoms with Crippen LogP contribution in [-0.2, 0) is 0 Å². The molecule has 0 aliphatic carbocycles. The van der Waals surface area contributed by atoms with Gasteiger partial charge in [0.15, 0.2) is 0 Å². The molecular weight excluding hydrogens is 174 g/mol. The molecule has 0 bridgehead atoms. The minimum Gasteiger partial charge on any atom is -0.366 e. The molecule has 1 atom stereocenters. The molecule has 3 nitrogen and oxygen atoms in total. The summed E-state index contributed by atoms with van der Waals surface area (Å²) in [5.74, 6) is 1.03. The molecule has 0 unspecified atom stereocenters. The van der Waals surface area contributed by atoms with E-state index in [0.717, 1.165) is 18.9 Å². The van der Waals surface area contributed by atoms with Crippen molar-refractivity contribution >= 4 is 5.82 Å². The molecule has 0 spiro atoms. The van der Waals surface area contributed by atoms with Crippen LogP contribution in [0.15, 0.2) is 12.3 Å². The van der Waals surface area contributed by atoms with E-state index in [-0.39, 0.29) is 0 Å². The Hall–Kier alpha value is -1.09. The van der Waals surface area contributed by atoms with Gasteiger partial charge in [-0.05, 0) is 37.9 Å². The molecular formula is C11H17N3. The Balaban J connectivity index is 2.08. The molecule has 3 heteroatoms. The molecule has 1 fully saturated rings. The van der Waals surface area contributed by atoms with Gasteiger partial charge in [0.05, 0.1) is 0 Å². The van der Waals surface area contributed by atoms with E-state index in [1.807, 2.05) is 6.20 Å². The zero-order valence-electron chi connectivity index (χ0n) is 8.80. The predicted octanol–water partition coefficient (Wildman–Crippen LogP) is 1.47. The fourth-order valence-electron chi connectivity index (χ4n) is 1.84. The molecule has 1 saturated heterocycles. The van der Waals surface area contributed by atoms with Crippen LogP contribution in [0, 0.1) is 13.8 Å². The van der Waals surface area contributed by atoms with Crippen molar-refractivity contribution in [2.24, 2.45) is 0 Å². The van der Waals surface area contributed by atoms with E-state index in [2.05, 4.69) is 35.5 Å². The van der Waals surface area contributed by atoms with Gasteiger partial charge in [-0.1, -0.05) is 6.07 Å². The zero-order chi connectivity index (χ0) is 9.97. The summed E-state index contributed by atoms with van der Waals surface area (Å²) in [5.41, 5.74) is 2.45. The van der Waals surface area contributed by atoms with Crippen LogP contribution < -0.4 is 10.6 Å². The number of hydrogen-bond donors (Lipinski definition) is 2. The molecule has 1 aromatic rings. The third kappa shape index (κ3) is 2.04. The molecule has 0 radical (unpaired) electrons. The van der Waals surface area contributed by atoms with Gasteiger partial charge in [0.25, 0.3) is 0 Å². The van der Waals surface area contributed by atoms with Gasteiger partial charge < -0.3 is 10.6 Å². The van der Waals surface area contributed by atoms with Crippen molar-refractivity contribution in [1.29, 1.82) is 0 Å². The van der Waals surface area contributed by atoms with Gasteiger partial charge >= 0.3 is 0 Å². The minimum absolute atomic E-state index is 0.545. The first-order valence-corrected chi connectivity index (χ1v) is 5.16. The maximum atomic E-state index is 4.40. The SMILES string of the molecule is Cc1cnc(N[C@@H]2CCNC2)c(C)c1. The van der Waals surface area contributed by atoms with Gasteiger partial charge in [0, 0.05) is 18.8 Å². The van der Waals surface area contributed by atoms with E-state index >= 15 is 0 Å². The summed E-state index contributed by atoms with van der Waals surface area (Å²) in [7, 11) is 0. The minimum atomic E-state index is 0.545. The highest BCUT2D eigenvalue weighted by molar-refractivity contribution is 5.45. The second-order valence-electron chi connectivity index (χ2n) is 4.01. The highest BCUT2D eigenvalue weighted by atomic mass is 15.1. The van der Waals surface area contributed by atoms with Crippen molar-refractivity contribution in [3.8, 4) is 0 Å². The van der Waals surface area contributed by atoms with Crippen molar-refractivity contribution in [2.75, 3.05) is 18.4 Å². The number of pyridine rings is 1. The molecule has 2 rings (SSSR count). The summed E-state index contributed by atoms with van der Waals surface area (Å²) in [6.45, 7) is 6.34. The van der Waals surface area contributed by atoms with E-state index in [1.54, 1.807) is 0 Å². The van der Waals surface area contributed by atoms with Crippen molar-refractivity contribution < 1.29 is 0 Å². The highest BCUT2D eigenvalue weighted by Crippen LogP contribution is 2.14. The van der Waals surface area contributed by atoms with Gasteiger partial charge in [-0.3, -0.25) is 0 Å². The third-order valence-corrected chi connectivity index (χ3v) is 2.62. The van der Waals surface area contributed by atoms with Crippen molar-refractivity contribution in [2.45, 2.75) is 26.3 Å². The molecule has 1 aliphatic heterocycles. The lowest BCUT2D eigenvalue weighted by molar-refractivity contribution is 0.786. The molecule has 1 aliphatic rings. The van der Waals surface area contributed by atoms with Crippen molar-refractivity contribution in [3.63, 3.8) is 0 Å². The molecule has 2 N–H and O–H groups in total. The monoisotopic (exact) mass is 191 g/mol. The normalized spacial score (nSPS) is 21.1. The molecule has 1 aromatic heterocycles. The Bertz CT molecular complexity index is 316. The van der Waals surface area contributed by atoms with Crippen LogP contribution in [0.25, 0.3) is 0 Å². The third-order valence-electron chi connectivity index (χ3n) is 2.62. The van der Waals surface area contributed by atoms with E-state index in [1.165, 1.54) is 17.5 Å². The molecule has 2 heterocycles. The summed E-state index contributed by atoms with van der Waals surface area (Å²) in [4.78, 5) is 4.40. The lowest BCUT2D eigenvalue weighted by Crippen LogP contribution is -2.23.